The molecule has 1 amide bonds. The molecular weight excluding hydrogens is 428 g/mol. The first-order valence-corrected chi connectivity index (χ1v) is 11.1. The molecule has 3 N–H and O–H groups in total. The first kappa shape index (κ1) is 21.1. The summed E-state index contributed by atoms with van der Waals surface area (Å²) in [6.07, 6.45) is 1.64. The number of carbonyl (C=O) groups excluding carboxylic acids is 1. The summed E-state index contributed by atoms with van der Waals surface area (Å²) < 4.78 is 33.4. The van der Waals surface area contributed by atoms with Gasteiger partial charge in [-0.1, -0.05) is 30.3 Å². The molecule has 3 aromatic carbocycles. The quantitative estimate of drug-likeness (QED) is 0.393. The Kier molecular flexibility index (Phi) is 5.91. The third kappa shape index (κ3) is 4.62. The Morgan fingerprint density at radius 2 is 1.78 bits per heavy atom. The number of aromatic amines is 1. The second kappa shape index (κ2) is 8.94. The SMILES string of the molecule is COc1ccccc1NS(=O)(=O)c1cccc(C(=O)Nc2cccc(-c3ccn[nH]3)c2)c1. The van der Waals surface area contributed by atoms with Crippen molar-refractivity contribution < 1.29 is 17.9 Å². The van der Waals surface area contributed by atoms with Gasteiger partial charge in [0.1, 0.15) is 5.75 Å². The number of rotatable bonds is 7. The van der Waals surface area contributed by atoms with Gasteiger partial charge in [-0.25, -0.2) is 8.42 Å². The number of carbonyl (C=O) groups is 1. The van der Waals surface area contributed by atoms with Crippen LogP contribution in [0.25, 0.3) is 11.3 Å². The van der Waals surface area contributed by atoms with Crippen molar-refractivity contribution in [2.24, 2.45) is 0 Å². The summed E-state index contributed by atoms with van der Waals surface area (Å²) in [6, 6.07) is 21.6. The number of methoxy groups -OCH3 is 1. The van der Waals surface area contributed by atoms with Crippen LogP contribution in [-0.2, 0) is 10.0 Å². The van der Waals surface area contributed by atoms with Crippen LogP contribution in [0.4, 0.5) is 11.4 Å². The zero-order chi connectivity index (χ0) is 22.6. The molecule has 0 saturated heterocycles. The largest absolute Gasteiger partial charge is 0.495 e. The number of hydrogen-bond donors (Lipinski definition) is 3. The maximum absolute atomic E-state index is 12.9. The molecule has 0 spiro atoms. The molecule has 1 heterocycles. The van der Waals surface area contributed by atoms with Gasteiger partial charge in [0.15, 0.2) is 0 Å². The van der Waals surface area contributed by atoms with Gasteiger partial charge in [-0.3, -0.25) is 14.6 Å². The monoisotopic (exact) mass is 448 g/mol. The molecule has 0 fully saturated rings. The number of amides is 1. The van der Waals surface area contributed by atoms with Crippen LogP contribution in [0.2, 0.25) is 0 Å². The molecule has 1 aromatic heterocycles. The Hall–Kier alpha value is -4.11. The third-order valence-electron chi connectivity index (χ3n) is 4.69. The fraction of sp³-hybridized carbons (Fsp3) is 0.0435. The number of nitrogens with zero attached hydrogens (tertiary/aromatic N) is 1. The zero-order valence-electron chi connectivity index (χ0n) is 17.1. The summed E-state index contributed by atoms with van der Waals surface area (Å²) in [6.45, 7) is 0. The van der Waals surface area contributed by atoms with Crippen LogP contribution < -0.4 is 14.8 Å². The molecule has 9 heteroatoms. The van der Waals surface area contributed by atoms with Crippen molar-refractivity contribution in [3.05, 3.63) is 90.6 Å². The summed E-state index contributed by atoms with van der Waals surface area (Å²) in [4.78, 5) is 12.7. The second-order valence-electron chi connectivity index (χ2n) is 6.84. The van der Waals surface area contributed by atoms with Crippen LogP contribution in [0.5, 0.6) is 5.75 Å². The highest BCUT2D eigenvalue weighted by atomic mass is 32.2. The molecule has 32 heavy (non-hydrogen) atoms. The van der Waals surface area contributed by atoms with E-state index in [1.165, 1.54) is 25.3 Å². The number of ether oxygens (including phenoxy) is 1. The molecule has 0 radical (unpaired) electrons. The fourth-order valence-electron chi connectivity index (χ4n) is 3.12. The normalized spacial score (nSPS) is 11.0. The minimum Gasteiger partial charge on any atom is -0.495 e. The van der Waals surface area contributed by atoms with Crippen LogP contribution in [-0.4, -0.2) is 31.6 Å². The van der Waals surface area contributed by atoms with E-state index in [2.05, 4.69) is 20.2 Å². The molecule has 162 valence electrons. The van der Waals surface area contributed by atoms with Crippen LogP contribution >= 0.6 is 0 Å². The van der Waals surface area contributed by atoms with Gasteiger partial charge in [0.25, 0.3) is 15.9 Å². The van der Waals surface area contributed by atoms with E-state index in [4.69, 9.17) is 4.74 Å². The standard InChI is InChI=1S/C23H20N4O4S/c1-31-22-11-3-2-10-21(22)27-32(29,30)19-9-5-7-17(15-19)23(28)25-18-8-4-6-16(14-18)20-12-13-24-26-20/h2-15,27H,1H3,(H,24,26)(H,25,28). The number of sulfonamides is 1. The topological polar surface area (TPSA) is 113 Å². The van der Waals surface area contributed by atoms with Gasteiger partial charge in [0, 0.05) is 23.0 Å². The van der Waals surface area contributed by atoms with Crippen LogP contribution in [0.1, 0.15) is 10.4 Å². The Labute approximate surface area is 185 Å². The molecule has 0 atom stereocenters. The van der Waals surface area contributed by atoms with Gasteiger partial charge in [-0.15, -0.1) is 0 Å². The third-order valence-corrected chi connectivity index (χ3v) is 6.05. The first-order valence-electron chi connectivity index (χ1n) is 9.63. The van der Waals surface area contributed by atoms with Crippen molar-refractivity contribution in [3.8, 4) is 17.0 Å². The summed E-state index contributed by atoms with van der Waals surface area (Å²) in [5, 5.41) is 9.60. The van der Waals surface area contributed by atoms with Gasteiger partial charge >= 0.3 is 0 Å². The fourth-order valence-corrected chi connectivity index (χ4v) is 4.24. The Balaban J connectivity index is 1.55. The molecule has 8 nitrogen and oxygen atoms in total. The lowest BCUT2D eigenvalue weighted by Crippen LogP contribution is -2.16. The lowest BCUT2D eigenvalue weighted by Gasteiger charge is -2.12. The van der Waals surface area contributed by atoms with Gasteiger partial charge in [-0.2, -0.15) is 5.10 Å². The van der Waals surface area contributed by atoms with Crippen LogP contribution in [0.3, 0.4) is 0 Å². The van der Waals surface area contributed by atoms with Crippen molar-refractivity contribution in [3.63, 3.8) is 0 Å². The minimum absolute atomic E-state index is 0.0396. The highest BCUT2D eigenvalue weighted by Gasteiger charge is 2.18. The lowest BCUT2D eigenvalue weighted by atomic mass is 10.1. The minimum atomic E-state index is -3.93. The van der Waals surface area contributed by atoms with Crippen molar-refractivity contribution in [2.75, 3.05) is 17.1 Å². The number of anilines is 2. The van der Waals surface area contributed by atoms with Gasteiger partial charge < -0.3 is 10.1 Å². The van der Waals surface area contributed by atoms with E-state index in [0.717, 1.165) is 11.3 Å². The van der Waals surface area contributed by atoms with Gasteiger partial charge in [0.2, 0.25) is 0 Å². The van der Waals surface area contributed by atoms with E-state index in [1.807, 2.05) is 18.2 Å². The molecule has 4 rings (SSSR count). The average Bonchev–Trinajstić information content (AvgIpc) is 3.35. The maximum atomic E-state index is 12.9. The summed E-state index contributed by atoms with van der Waals surface area (Å²) in [5.74, 6) is -0.0387. The van der Waals surface area contributed by atoms with E-state index in [1.54, 1.807) is 48.7 Å². The summed E-state index contributed by atoms with van der Waals surface area (Å²) in [7, 11) is -2.47. The van der Waals surface area contributed by atoms with Crippen molar-refractivity contribution >= 4 is 27.3 Å². The predicted octanol–water partition coefficient (Wildman–Crippen LogP) is 4.14. The molecule has 0 bridgehead atoms. The molecule has 0 aliphatic heterocycles. The highest BCUT2D eigenvalue weighted by Crippen LogP contribution is 2.26. The number of nitrogens with one attached hydrogen (secondary N) is 3. The maximum Gasteiger partial charge on any atom is 0.262 e. The number of aromatic nitrogens is 2. The Bertz CT molecular complexity index is 1350. The van der Waals surface area contributed by atoms with Crippen LogP contribution in [0, 0.1) is 0 Å². The second-order valence-corrected chi connectivity index (χ2v) is 8.52. The number of benzene rings is 3. The number of H-pyrrole nitrogens is 1. The number of para-hydroxylation sites is 2. The van der Waals surface area contributed by atoms with E-state index in [-0.39, 0.29) is 10.5 Å². The molecule has 0 aliphatic rings. The van der Waals surface area contributed by atoms with E-state index in [0.29, 0.717) is 17.1 Å². The predicted molar refractivity (Wildman–Crippen MR) is 122 cm³/mol. The summed E-state index contributed by atoms with van der Waals surface area (Å²) >= 11 is 0. The average molecular weight is 449 g/mol. The van der Waals surface area contributed by atoms with Gasteiger partial charge in [-0.05, 0) is 48.5 Å². The summed E-state index contributed by atoms with van der Waals surface area (Å²) in [5.41, 5.74) is 2.76. The molecule has 4 aromatic rings. The highest BCUT2D eigenvalue weighted by molar-refractivity contribution is 7.92. The molecule has 0 saturated carbocycles. The molecule has 0 aliphatic carbocycles. The zero-order valence-corrected chi connectivity index (χ0v) is 17.9. The van der Waals surface area contributed by atoms with Crippen LogP contribution in [0.15, 0.2) is 90.0 Å². The van der Waals surface area contributed by atoms with E-state index < -0.39 is 15.9 Å². The first-order chi connectivity index (χ1) is 15.5. The molecular formula is C23H20N4O4S. The van der Waals surface area contributed by atoms with Crippen molar-refractivity contribution in [2.45, 2.75) is 4.90 Å². The van der Waals surface area contributed by atoms with Crippen molar-refractivity contribution in [1.82, 2.24) is 10.2 Å². The Morgan fingerprint density at radius 1 is 0.969 bits per heavy atom. The molecule has 0 unspecified atom stereocenters. The smallest absolute Gasteiger partial charge is 0.262 e. The van der Waals surface area contributed by atoms with Crippen molar-refractivity contribution in [1.29, 1.82) is 0 Å². The number of hydrogen-bond acceptors (Lipinski definition) is 5. The van der Waals surface area contributed by atoms with E-state index >= 15 is 0 Å². The Morgan fingerprint density at radius 3 is 2.56 bits per heavy atom. The van der Waals surface area contributed by atoms with Gasteiger partial charge in [0.05, 0.1) is 23.4 Å². The van der Waals surface area contributed by atoms with E-state index in [9.17, 15) is 13.2 Å². The lowest BCUT2D eigenvalue weighted by molar-refractivity contribution is 0.102.